The van der Waals surface area contributed by atoms with Gasteiger partial charge in [0.25, 0.3) is 0 Å². The van der Waals surface area contributed by atoms with Crippen LogP contribution in [0.25, 0.3) is 43.8 Å². The van der Waals surface area contributed by atoms with Crippen LogP contribution in [0.1, 0.15) is 0 Å². The van der Waals surface area contributed by atoms with Crippen molar-refractivity contribution >= 4 is 21.5 Å². The number of fused-ring (bicyclic) bond motifs is 2. The van der Waals surface area contributed by atoms with Crippen molar-refractivity contribution in [1.29, 1.82) is 0 Å². The van der Waals surface area contributed by atoms with Crippen LogP contribution in [0.2, 0.25) is 0 Å². The highest BCUT2D eigenvalue weighted by Crippen LogP contribution is 2.45. The van der Waals surface area contributed by atoms with Crippen molar-refractivity contribution in [3.63, 3.8) is 0 Å². The van der Waals surface area contributed by atoms with E-state index in [9.17, 15) is 17.6 Å². The molecule has 0 heterocycles. The maximum atomic E-state index is 15.2. The molecule has 31 heavy (non-hydrogen) atoms. The number of hydrogen-bond acceptors (Lipinski definition) is 0. The van der Waals surface area contributed by atoms with Gasteiger partial charge in [-0.1, -0.05) is 42.5 Å². The van der Waals surface area contributed by atoms with E-state index in [0.717, 1.165) is 18.2 Å². The number of halogens is 5. The summed E-state index contributed by atoms with van der Waals surface area (Å²) in [5.41, 5.74) is 1.10. The summed E-state index contributed by atoms with van der Waals surface area (Å²) in [5, 5.41) is 0.872. The van der Waals surface area contributed by atoms with Crippen molar-refractivity contribution in [1.82, 2.24) is 0 Å². The molecule has 0 radical (unpaired) electrons. The van der Waals surface area contributed by atoms with Gasteiger partial charge in [-0.15, -0.1) is 0 Å². The molecule has 0 aliphatic heterocycles. The van der Waals surface area contributed by atoms with Crippen molar-refractivity contribution in [3.8, 4) is 22.3 Å². The van der Waals surface area contributed by atoms with Gasteiger partial charge in [-0.25, -0.2) is 22.0 Å². The summed E-state index contributed by atoms with van der Waals surface area (Å²) in [5.74, 6) is -4.60. The summed E-state index contributed by atoms with van der Waals surface area (Å²) >= 11 is 0. The van der Waals surface area contributed by atoms with Gasteiger partial charge < -0.3 is 0 Å². The van der Waals surface area contributed by atoms with E-state index in [2.05, 4.69) is 0 Å². The van der Waals surface area contributed by atoms with E-state index >= 15 is 4.39 Å². The van der Waals surface area contributed by atoms with Crippen LogP contribution >= 0.6 is 0 Å². The van der Waals surface area contributed by atoms with Crippen LogP contribution in [-0.4, -0.2) is 0 Å². The summed E-state index contributed by atoms with van der Waals surface area (Å²) in [6.45, 7) is 0. The molecule has 0 bridgehead atoms. The highest BCUT2D eigenvalue weighted by Gasteiger charge is 2.22. The molecular formula is C26H13F5. The number of benzene rings is 5. The third-order valence-electron chi connectivity index (χ3n) is 5.40. The van der Waals surface area contributed by atoms with Crippen molar-refractivity contribution in [3.05, 3.63) is 108 Å². The molecule has 0 aromatic heterocycles. The molecule has 0 amide bonds. The Balaban J connectivity index is 2.08. The number of rotatable bonds is 2. The molecule has 5 heteroatoms. The highest BCUT2D eigenvalue weighted by molar-refractivity contribution is 6.21. The van der Waals surface area contributed by atoms with Crippen LogP contribution in [-0.2, 0) is 0 Å². The molecule has 5 aromatic rings. The minimum Gasteiger partial charge on any atom is -0.207 e. The molecule has 0 aliphatic carbocycles. The molecule has 0 atom stereocenters. The Hall–Kier alpha value is -3.73. The zero-order valence-electron chi connectivity index (χ0n) is 15.9. The summed E-state index contributed by atoms with van der Waals surface area (Å²) in [6.07, 6.45) is 0. The van der Waals surface area contributed by atoms with Crippen molar-refractivity contribution in [2.75, 3.05) is 0 Å². The predicted molar refractivity (Wildman–Crippen MR) is 112 cm³/mol. The van der Waals surface area contributed by atoms with Gasteiger partial charge in [0.05, 0.1) is 0 Å². The molecule has 0 spiro atoms. The van der Waals surface area contributed by atoms with E-state index in [-0.39, 0.29) is 21.9 Å². The zero-order valence-corrected chi connectivity index (χ0v) is 15.9. The normalized spacial score (nSPS) is 11.4. The van der Waals surface area contributed by atoms with Gasteiger partial charge in [-0.05, 0) is 57.6 Å². The van der Waals surface area contributed by atoms with Crippen LogP contribution < -0.4 is 0 Å². The third-order valence-corrected chi connectivity index (χ3v) is 5.40. The van der Waals surface area contributed by atoms with E-state index in [0.29, 0.717) is 28.0 Å². The van der Waals surface area contributed by atoms with Gasteiger partial charge in [0, 0.05) is 22.6 Å². The predicted octanol–water partition coefficient (Wildman–Crippen LogP) is 8.02. The van der Waals surface area contributed by atoms with E-state index in [1.54, 1.807) is 36.4 Å². The maximum Gasteiger partial charge on any atom is 0.159 e. The molecule has 5 aromatic carbocycles. The SMILES string of the molecule is Fc1ccc(-c2c3cc(F)c(F)cc3c(-c3ccccc3)c3cccc(F)c23)c(F)c1. The van der Waals surface area contributed by atoms with Gasteiger partial charge in [-0.2, -0.15) is 0 Å². The molecule has 0 nitrogen and oxygen atoms in total. The fourth-order valence-electron chi connectivity index (χ4n) is 4.11. The third kappa shape index (κ3) is 3.05. The molecule has 0 fully saturated rings. The van der Waals surface area contributed by atoms with Crippen LogP contribution in [0.4, 0.5) is 22.0 Å². The topological polar surface area (TPSA) is 0 Å². The summed E-state index contributed by atoms with van der Waals surface area (Å²) in [4.78, 5) is 0. The second kappa shape index (κ2) is 7.20. The Bertz CT molecular complexity index is 1470. The summed E-state index contributed by atoms with van der Waals surface area (Å²) in [6, 6.07) is 18.1. The maximum absolute atomic E-state index is 15.2. The molecule has 0 saturated heterocycles. The lowest BCUT2D eigenvalue weighted by atomic mass is 9.85. The van der Waals surface area contributed by atoms with Crippen LogP contribution in [0.3, 0.4) is 0 Å². The van der Waals surface area contributed by atoms with E-state index in [1.807, 2.05) is 0 Å². The van der Waals surface area contributed by atoms with Crippen LogP contribution in [0.5, 0.6) is 0 Å². The monoisotopic (exact) mass is 420 g/mol. The zero-order chi connectivity index (χ0) is 21.7. The Morgan fingerprint density at radius 2 is 1.13 bits per heavy atom. The van der Waals surface area contributed by atoms with Gasteiger partial charge in [0.15, 0.2) is 11.6 Å². The van der Waals surface area contributed by atoms with Gasteiger partial charge >= 0.3 is 0 Å². The lowest BCUT2D eigenvalue weighted by Gasteiger charge is -2.18. The molecule has 152 valence electrons. The minimum atomic E-state index is -1.15. The van der Waals surface area contributed by atoms with Gasteiger partial charge in [0.2, 0.25) is 0 Å². The van der Waals surface area contributed by atoms with Crippen molar-refractivity contribution in [2.45, 2.75) is 0 Å². The molecule has 0 N–H and O–H groups in total. The molecule has 0 aliphatic rings. The Kier molecular flexibility index (Phi) is 4.47. The van der Waals surface area contributed by atoms with Crippen LogP contribution in [0.15, 0.2) is 78.9 Å². The molecule has 0 unspecified atom stereocenters. The highest BCUT2D eigenvalue weighted by atomic mass is 19.2. The Morgan fingerprint density at radius 1 is 0.452 bits per heavy atom. The van der Waals surface area contributed by atoms with E-state index in [1.165, 1.54) is 18.2 Å². The average Bonchev–Trinajstić information content (AvgIpc) is 2.75. The average molecular weight is 420 g/mol. The lowest BCUT2D eigenvalue weighted by molar-refractivity contribution is 0.511. The largest absolute Gasteiger partial charge is 0.207 e. The van der Waals surface area contributed by atoms with Crippen molar-refractivity contribution < 1.29 is 22.0 Å². The Morgan fingerprint density at radius 3 is 1.81 bits per heavy atom. The van der Waals surface area contributed by atoms with Crippen molar-refractivity contribution in [2.24, 2.45) is 0 Å². The van der Waals surface area contributed by atoms with Crippen LogP contribution in [0, 0.1) is 29.1 Å². The standard InChI is InChI=1S/C26H13F5/c27-15-9-10-16(21(29)11-15)25-19-13-23(31)22(30)12-18(19)24(14-5-2-1-3-6-14)17-7-4-8-20(28)26(17)25/h1-13H. The first-order chi connectivity index (χ1) is 15.0. The smallest absolute Gasteiger partial charge is 0.159 e. The van der Waals surface area contributed by atoms with E-state index < -0.39 is 29.1 Å². The first kappa shape index (κ1) is 19.2. The minimum absolute atomic E-state index is 0.0409. The second-order valence-corrected chi connectivity index (χ2v) is 7.21. The molecular weight excluding hydrogens is 407 g/mol. The lowest BCUT2D eigenvalue weighted by Crippen LogP contribution is -1.97. The fourth-order valence-corrected chi connectivity index (χ4v) is 4.11. The second-order valence-electron chi connectivity index (χ2n) is 7.21. The summed E-state index contributed by atoms with van der Waals surface area (Å²) in [7, 11) is 0. The first-order valence-electron chi connectivity index (χ1n) is 9.49. The number of hydrogen-bond donors (Lipinski definition) is 0. The first-order valence-corrected chi connectivity index (χ1v) is 9.49. The molecule has 0 saturated carbocycles. The quantitative estimate of drug-likeness (QED) is 0.200. The fraction of sp³-hybridized carbons (Fsp3) is 0. The molecule has 5 rings (SSSR count). The summed E-state index contributed by atoms with van der Waals surface area (Å²) < 4.78 is 72.2. The van der Waals surface area contributed by atoms with Gasteiger partial charge in [-0.3, -0.25) is 0 Å². The van der Waals surface area contributed by atoms with E-state index in [4.69, 9.17) is 0 Å². The van der Waals surface area contributed by atoms with Gasteiger partial charge in [0.1, 0.15) is 17.5 Å². The Labute approximate surface area is 174 Å².